The average Bonchev–Trinajstić information content (AvgIpc) is 2.84. The minimum absolute atomic E-state index is 0.239. The predicted octanol–water partition coefficient (Wildman–Crippen LogP) is 5.14. The summed E-state index contributed by atoms with van der Waals surface area (Å²) in [5.41, 5.74) is 0.592. The molecule has 1 heterocycles. The first-order chi connectivity index (χ1) is 16.6. The summed E-state index contributed by atoms with van der Waals surface area (Å²) in [6, 6.07) is 10.1. The number of nitrogens with zero attached hydrogens (tertiary/aromatic N) is 1. The highest BCUT2D eigenvalue weighted by Crippen LogP contribution is 2.32. The maximum atomic E-state index is 13.8. The Morgan fingerprint density at radius 3 is 2.29 bits per heavy atom. The SMILES string of the molecule is CNC(=O)C(NC(CCc1ccc(C(F)(F)F)nc1)c1ccc(F)cc1OC)c1ccc(F)cc1. The molecule has 0 saturated heterocycles. The molecule has 0 saturated carbocycles. The van der Waals surface area contributed by atoms with Crippen molar-refractivity contribution in [2.75, 3.05) is 14.2 Å². The molecule has 2 aromatic carbocycles. The fraction of sp³-hybridized carbons (Fsp3) is 0.280. The topological polar surface area (TPSA) is 63.2 Å². The van der Waals surface area contributed by atoms with Gasteiger partial charge in [-0.2, -0.15) is 13.2 Å². The second-order valence-corrected chi connectivity index (χ2v) is 7.79. The Bertz CT molecular complexity index is 1140. The zero-order chi connectivity index (χ0) is 25.6. The largest absolute Gasteiger partial charge is 0.496 e. The zero-order valence-electron chi connectivity index (χ0n) is 19.0. The first-order valence-corrected chi connectivity index (χ1v) is 10.7. The van der Waals surface area contributed by atoms with Crippen LogP contribution in [0.5, 0.6) is 5.75 Å². The van der Waals surface area contributed by atoms with Crippen LogP contribution < -0.4 is 15.4 Å². The van der Waals surface area contributed by atoms with E-state index in [0.717, 1.165) is 12.3 Å². The lowest BCUT2D eigenvalue weighted by atomic mass is 9.96. The van der Waals surface area contributed by atoms with Crippen molar-refractivity contribution in [2.45, 2.75) is 31.1 Å². The van der Waals surface area contributed by atoms with E-state index in [1.807, 2.05) is 0 Å². The number of pyridine rings is 1. The Hall–Kier alpha value is -3.53. The Balaban J connectivity index is 1.93. The number of rotatable bonds is 9. The molecule has 186 valence electrons. The summed E-state index contributed by atoms with van der Waals surface area (Å²) in [7, 11) is 2.84. The van der Waals surface area contributed by atoms with E-state index >= 15 is 0 Å². The summed E-state index contributed by atoms with van der Waals surface area (Å²) in [6.45, 7) is 0. The minimum Gasteiger partial charge on any atom is -0.496 e. The summed E-state index contributed by atoms with van der Waals surface area (Å²) in [4.78, 5) is 16.2. The monoisotopic (exact) mass is 493 g/mol. The van der Waals surface area contributed by atoms with Gasteiger partial charge < -0.3 is 10.1 Å². The number of benzene rings is 2. The molecule has 0 aliphatic rings. The maximum Gasteiger partial charge on any atom is 0.433 e. The maximum absolute atomic E-state index is 13.8. The van der Waals surface area contributed by atoms with Gasteiger partial charge in [0.2, 0.25) is 5.91 Å². The quantitative estimate of drug-likeness (QED) is 0.406. The Morgan fingerprint density at radius 2 is 1.71 bits per heavy atom. The first-order valence-electron chi connectivity index (χ1n) is 10.7. The van der Waals surface area contributed by atoms with Crippen molar-refractivity contribution in [2.24, 2.45) is 0 Å². The second kappa shape index (κ2) is 11.3. The molecule has 3 rings (SSSR count). The normalized spacial score (nSPS) is 13.2. The van der Waals surface area contributed by atoms with Gasteiger partial charge in [0.15, 0.2) is 0 Å². The van der Waals surface area contributed by atoms with Crippen molar-refractivity contribution < 1.29 is 31.5 Å². The van der Waals surface area contributed by atoms with Gasteiger partial charge in [0.05, 0.1) is 7.11 Å². The lowest BCUT2D eigenvalue weighted by molar-refractivity contribution is -0.141. The van der Waals surface area contributed by atoms with Gasteiger partial charge >= 0.3 is 6.18 Å². The number of likely N-dealkylation sites (N-methyl/N-ethyl adjacent to an activating group) is 1. The van der Waals surface area contributed by atoms with E-state index < -0.39 is 35.6 Å². The summed E-state index contributed by atoms with van der Waals surface area (Å²) in [5.74, 6) is -1.13. The number of hydrogen-bond acceptors (Lipinski definition) is 4. The molecule has 35 heavy (non-hydrogen) atoms. The van der Waals surface area contributed by atoms with E-state index in [9.17, 15) is 26.7 Å². The van der Waals surface area contributed by atoms with Crippen LogP contribution in [0.3, 0.4) is 0 Å². The van der Waals surface area contributed by atoms with E-state index in [1.54, 1.807) is 0 Å². The lowest BCUT2D eigenvalue weighted by Gasteiger charge is -2.27. The molecule has 0 bridgehead atoms. The van der Waals surface area contributed by atoms with Crippen molar-refractivity contribution in [3.63, 3.8) is 0 Å². The highest BCUT2D eigenvalue weighted by Gasteiger charge is 2.32. The molecule has 1 amide bonds. The van der Waals surface area contributed by atoms with Gasteiger partial charge in [-0.3, -0.25) is 15.1 Å². The zero-order valence-corrected chi connectivity index (χ0v) is 19.0. The van der Waals surface area contributed by atoms with Gasteiger partial charge in [-0.1, -0.05) is 24.3 Å². The van der Waals surface area contributed by atoms with Crippen LogP contribution in [0.25, 0.3) is 0 Å². The highest BCUT2D eigenvalue weighted by atomic mass is 19.4. The number of halogens is 5. The Morgan fingerprint density at radius 1 is 1.03 bits per heavy atom. The van der Waals surface area contributed by atoms with Gasteiger partial charge in [0.25, 0.3) is 0 Å². The smallest absolute Gasteiger partial charge is 0.433 e. The number of aromatic nitrogens is 1. The molecule has 2 N–H and O–H groups in total. The molecule has 2 unspecified atom stereocenters. The number of amides is 1. The standard InChI is InChI=1S/C25H24F5N3O2/c1-31-24(34)23(16-5-7-17(26)8-6-16)33-20(19-10-9-18(27)13-21(19)35-2)11-3-15-4-12-22(32-14-15)25(28,29)30/h4-10,12-14,20,23,33H,3,11H2,1-2H3,(H,31,34). The van der Waals surface area contributed by atoms with Crippen LogP contribution in [0.2, 0.25) is 0 Å². The third-order valence-corrected chi connectivity index (χ3v) is 5.49. The predicted molar refractivity (Wildman–Crippen MR) is 120 cm³/mol. The summed E-state index contributed by atoms with van der Waals surface area (Å²) < 4.78 is 71.1. The van der Waals surface area contributed by atoms with E-state index in [2.05, 4.69) is 15.6 Å². The van der Waals surface area contributed by atoms with Crippen LogP contribution in [0, 0.1) is 11.6 Å². The molecule has 0 aliphatic heterocycles. The molecule has 0 spiro atoms. The molecular weight excluding hydrogens is 469 g/mol. The van der Waals surface area contributed by atoms with E-state index in [0.29, 0.717) is 29.5 Å². The number of aryl methyl sites for hydroxylation is 1. The van der Waals surface area contributed by atoms with Gasteiger partial charge in [0, 0.05) is 30.9 Å². The van der Waals surface area contributed by atoms with E-state index in [-0.39, 0.29) is 11.7 Å². The van der Waals surface area contributed by atoms with Crippen LogP contribution in [0.4, 0.5) is 22.0 Å². The van der Waals surface area contributed by atoms with Crippen molar-refractivity contribution in [3.05, 3.63) is 94.8 Å². The number of ether oxygens (including phenoxy) is 1. The minimum atomic E-state index is -4.54. The van der Waals surface area contributed by atoms with Crippen molar-refractivity contribution in [1.29, 1.82) is 0 Å². The molecule has 5 nitrogen and oxygen atoms in total. The van der Waals surface area contributed by atoms with E-state index in [1.165, 1.54) is 62.7 Å². The summed E-state index contributed by atoms with van der Waals surface area (Å²) >= 11 is 0. The van der Waals surface area contributed by atoms with Crippen LogP contribution >= 0.6 is 0 Å². The third kappa shape index (κ3) is 6.75. The van der Waals surface area contributed by atoms with E-state index in [4.69, 9.17) is 4.74 Å². The summed E-state index contributed by atoms with van der Waals surface area (Å²) in [5, 5.41) is 5.78. The number of methoxy groups -OCH3 is 1. The number of carbonyl (C=O) groups excluding carboxylic acids is 1. The molecule has 0 radical (unpaired) electrons. The molecule has 10 heteroatoms. The molecule has 2 atom stereocenters. The van der Waals surface area contributed by atoms with Crippen molar-refractivity contribution >= 4 is 5.91 Å². The molecule has 0 fully saturated rings. The Labute approximate surface area is 199 Å². The van der Waals surface area contributed by atoms with Crippen molar-refractivity contribution in [1.82, 2.24) is 15.6 Å². The number of hydrogen-bond donors (Lipinski definition) is 2. The summed E-state index contributed by atoms with van der Waals surface area (Å²) in [6.07, 6.45) is -2.78. The van der Waals surface area contributed by atoms with Crippen LogP contribution in [0.1, 0.15) is 40.9 Å². The molecule has 0 aliphatic carbocycles. The lowest BCUT2D eigenvalue weighted by Crippen LogP contribution is -2.38. The number of carbonyl (C=O) groups is 1. The molecule has 3 aromatic rings. The highest BCUT2D eigenvalue weighted by molar-refractivity contribution is 5.83. The fourth-order valence-electron chi connectivity index (χ4n) is 3.68. The van der Waals surface area contributed by atoms with Crippen molar-refractivity contribution in [3.8, 4) is 5.75 Å². The average molecular weight is 493 g/mol. The molecule has 1 aromatic heterocycles. The van der Waals surface area contributed by atoms with Crippen LogP contribution in [0.15, 0.2) is 60.8 Å². The number of alkyl halides is 3. The second-order valence-electron chi connectivity index (χ2n) is 7.79. The molecular formula is C25H24F5N3O2. The van der Waals surface area contributed by atoms with Crippen LogP contribution in [-0.2, 0) is 17.4 Å². The van der Waals surface area contributed by atoms with Gasteiger partial charge in [-0.15, -0.1) is 0 Å². The fourth-order valence-corrected chi connectivity index (χ4v) is 3.68. The van der Waals surface area contributed by atoms with Crippen LogP contribution in [-0.4, -0.2) is 25.0 Å². The van der Waals surface area contributed by atoms with Gasteiger partial charge in [-0.05, 0) is 48.2 Å². The third-order valence-electron chi connectivity index (χ3n) is 5.49. The van der Waals surface area contributed by atoms with Gasteiger partial charge in [-0.25, -0.2) is 8.78 Å². The Kier molecular flexibility index (Phi) is 8.39. The number of nitrogens with one attached hydrogen (secondary N) is 2. The van der Waals surface area contributed by atoms with Gasteiger partial charge in [0.1, 0.15) is 29.1 Å². The first kappa shape index (κ1) is 26.1.